The lowest BCUT2D eigenvalue weighted by Crippen LogP contribution is -2.36. The molecule has 6 heteroatoms. The van der Waals surface area contributed by atoms with Crippen LogP contribution >= 0.6 is 0 Å². The van der Waals surface area contributed by atoms with Crippen LogP contribution in [-0.4, -0.2) is 43.8 Å². The van der Waals surface area contributed by atoms with E-state index in [2.05, 4.69) is 5.32 Å². The Morgan fingerprint density at radius 1 is 1.33 bits per heavy atom. The molecule has 0 aliphatic carbocycles. The van der Waals surface area contributed by atoms with Gasteiger partial charge in [-0.05, 0) is 50.5 Å². The predicted molar refractivity (Wildman–Crippen MR) is 89.1 cm³/mol. The molecular weight excluding hydrogens is 310 g/mol. The van der Waals surface area contributed by atoms with Crippen LogP contribution < -0.4 is 10.1 Å². The van der Waals surface area contributed by atoms with E-state index in [0.29, 0.717) is 24.5 Å². The predicted octanol–water partition coefficient (Wildman–Crippen LogP) is 2.32. The first-order valence-corrected chi connectivity index (χ1v) is 8.43. The molecule has 1 aliphatic rings. The molecule has 1 amide bonds. The number of amides is 1. The third-order valence-electron chi connectivity index (χ3n) is 3.75. The van der Waals surface area contributed by atoms with E-state index in [-0.39, 0.29) is 12.0 Å². The van der Waals surface area contributed by atoms with E-state index in [0.717, 1.165) is 25.9 Å². The van der Waals surface area contributed by atoms with Gasteiger partial charge in [0.15, 0.2) is 6.10 Å². The van der Waals surface area contributed by atoms with E-state index in [1.54, 1.807) is 31.2 Å². The first kappa shape index (κ1) is 18.3. The van der Waals surface area contributed by atoms with Crippen molar-refractivity contribution in [3.8, 4) is 5.75 Å². The number of ether oxygens (including phenoxy) is 3. The molecule has 24 heavy (non-hydrogen) atoms. The van der Waals surface area contributed by atoms with Gasteiger partial charge in [-0.15, -0.1) is 0 Å². The SMILES string of the molecule is CCCNC(=O)C(C)OC(=O)c1ccc(OCC2CCCO2)cc1. The molecule has 0 saturated carbocycles. The zero-order valence-corrected chi connectivity index (χ0v) is 14.2. The maximum absolute atomic E-state index is 12.0. The minimum Gasteiger partial charge on any atom is -0.491 e. The van der Waals surface area contributed by atoms with Gasteiger partial charge in [0, 0.05) is 13.2 Å². The van der Waals surface area contributed by atoms with E-state index in [1.807, 2.05) is 6.92 Å². The number of hydrogen-bond donors (Lipinski definition) is 1. The summed E-state index contributed by atoms with van der Waals surface area (Å²) in [6.45, 7) is 5.39. The average Bonchev–Trinajstić information content (AvgIpc) is 3.11. The Balaban J connectivity index is 1.80. The molecule has 2 rings (SSSR count). The van der Waals surface area contributed by atoms with Gasteiger partial charge in [-0.2, -0.15) is 0 Å². The van der Waals surface area contributed by atoms with Crippen molar-refractivity contribution in [3.63, 3.8) is 0 Å². The second-order valence-corrected chi connectivity index (χ2v) is 5.81. The Morgan fingerprint density at radius 3 is 2.71 bits per heavy atom. The molecular formula is C18H25NO5. The Hall–Kier alpha value is -2.08. The first-order valence-electron chi connectivity index (χ1n) is 8.43. The summed E-state index contributed by atoms with van der Waals surface area (Å²) in [7, 11) is 0. The van der Waals surface area contributed by atoms with E-state index in [4.69, 9.17) is 14.2 Å². The number of nitrogens with one attached hydrogen (secondary N) is 1. The fraction of sp³-hybridized carbons (Fsp3) is 0.556. The Labute approximate surface area is 142 Å². The van der Waals surface area contributed by atoms with Crippen LogP contribution in [0.15, 0.2) is 24.3 Å². The summed E-state index contributed by atoms with van der Waals surface area (Å²) >= 11 is 0. The highest BCUT2D eigenvalue weighted by Gasteiger charge is 2.19. The molecule has 0 radical (unpaired) electrons. The second kappa shape index (κ2) is 9.27. The Kier molecular flexibility index (Phi) is 7.06. The molecule has 2 atom stereocenters. The molecule has 0 aromatic heterocycles. The molecule has 1 saturated heterocycles. The molecule has 1 fully saturated rings. The molecule has 1 aromatic carbocycles. The molecule has 1 aliphatic heterocycles. The fourth-order valence-electron chi connectivity index (χ4n) is 2.33. The number of carbonyl (C=O) groups is 2. The van der Waals surface area contributed by atoms with Gasteiger partial charge in [0.1, 0.15) is 12.4 Å². The minimum atomic E-state index is -0.820. The van der Waals surface area contributed by atoms with Crippen molar-refractivity contribution in [2.75, 3.05) is 19.8 Å². The molecule has 6 nitrogen and oxygen atoms in total. The van der Waals surface area contributed by atoms with E-state index >= 15 is 0 Å². The van der Waals surface area contributed by atoms with Crippen LogP contribution in [0.4, 0.5) is 0 Å². The topological polar surface area (TPSA) is 73.9 Å². The zero-order valence-electron chi connectivity index (χ0n) is 14.2. The van der Waals surface area contributed by atoms with Crippen molar-refractivity contribution in [2.24, 2.45) is 0 Å². The molecule has 132 valence electrons. The monoisotopic (exact) mass is 335 g/mol. The van der Waals surface area contributed by atoms with Gasteiger partial charge in [-0.1, -0.05) is 6.92 Å². The van der Waals surface area contributed by atoms with Crippen LogP contribution in [0.1, 0.15) is 43.5 Å². The van der Waals surface area contributed by atoms with Gasteiger partial charge in [0.25, 0.3) is 5.91 Å². The number of carbonyl (C=O) groups excluding carboxylic acids is 2. The van der Waals surface area contributed by atoms with E-state index in [9.17, 15) is 9.59 Å². The van der Waals surface area contributed by atoms with Crippen LogP contribution in [-0.2, 0) is 14.3 Å². The highest BCUT2D eigenvalue weighted by Crippen LogP contribution is 2.17. The van der Waals surface area contributed by atoms with Gasteiger partial charge < -0.3 is 19.5 Å². The normalized spacial score (nSPS) is 18.0. The Bertz CT molecular complexity index is 537. The number of benzene rings is 1. The highest BCUT2D eigenvalue weighted by molar-refractivity contribution is 5.92. The average molecular weight is 335 g/mol. The van der Waals surface area contributed by atoms with Gasteiger partial charge >= 0.3 is 5.97 Å². The molecule has 1 heterocycles. The first-order chi connectivity index (χ1) is 11.6. The lowest BCUT2D eigenvalue weighted by molar-refractivity contribution is -0.129. The minimum absolute atomic E-state index is 0.150. The van der Waals surface area contributed by atoms with Crippen LogP contribution in [0.5, 0.6) is 5.75 Å². The van der Waals surface area contributed by atoms with Crippen LogP contribution in [0.25, 0.3) is 0 Å². The van der Waals surface area contributed by atoms with Crippen molar-refractivity contribution in [1.29, 1.82) is 0 Å². The smallest absolute Gasteiger partial charge is 0.338 e. The molecule has 1 aromatic rings. The number of esters is 1. The summed E-state index contributed by atoms with van der Waals surface area (Å²) in [5.74, 6) is -0.141. The summed E-state index contributed by atoms with van der Waals surface area (Å²) < 4.78 is 16.3. The van der Waals surface area contributed by atoms with Crippen LogP contribution in [0.2, 0.25) is 0 Å². The zero-order chi connectivity index (χ0) is 17.4. The number of rotatable bonds is 8. The summed E-state index contributed by atoms with van der Waals surface area (Å²) in [5, 5.41) is 2.69. The van der Waals surface area contributed by atoms with Gasteiger partial charge in [0.2, 0.25) is 0 Å². The standard InChI is InChI=1S/C18H25NO5/c1-3-10-19-17(20)13(2)24-18(21)14-6-8-15(9-7-14)23-12-16-5-4-11-22-16/h6-9,13,16H,3-5,10-12H2,1-2H3,(H,19,20). The molecule has 2 unspecified atom stereocenters. The van der Waals surface area contributed by atoms with Crippen molar-refractivity contribution in [1.82, 2.24) is 5.32 Å². The van der Waals surface area contributed by atoms with Gasteiger partial charge in [-0.25, -0.2) is 4.79 Å². The quantitative estimate of drug-likeness (QED) is 0.738. The molecule has 1 N–H and O–H groups in total. The van der Waals surface area contributed by atoms with Gasteiger partial charge in [-0.3, -0.25) is 4.79 Å². The van der Waals surface area contributed by atoms with Crippen molar-refractivity contribution in [2.45, 2.75) is 45.3 Å². The second-order valence-electron chi connectivity index (χ2n) is 5.81. The largest absolute Gasteiger partial charge is 0.491 e. The number of hydrogen-bond acceptors (Lipinski definition) is 5. The van der Waals surface area contributed by atoms with E-state index < -0.39 is 12.1 Å². The maximum Gasteiger partial charge on any atom is 0.338 e. The molecule has 0 bridgehead atoms. The van der Waals surface area contributed by atoms with Crippen molar-refractivity contribution >= 4 is 11.9 Å². The van der Waals surface area contributed by atoms with Crippen molar-refractivity contribution in [3.05, 3.63) is 29.8 Å². The highest BCUT2D eigenvalue weighted by atomic mass is 16.5. The summed E-state index contributed by atoms with van der Waals surface area (Å²) in [6.07, 6.45) is 2.25. The summed E-state index contributed by atoms with van der Waals surface area (Å²) in [4.78, 5) is 23.8. The Morgan fingerprint density at radius 2 is 2.08 bits per heavy atom. The lowest BCUT2D eigenvalue weighted by Gasteiger charge is -2.14. The third kappa shape index (κ3) is 5.53. The van der Waals surface area contributed by atoms with E-state index in [1.165, 1.54) is 0 Å². The molecule has 0 spiro atoms. The fourth-order valence-corrected chi connectivity index (χ4v) is 2.33. The van der Waals surface area contributed by atoms with Gasteiger partial charge in [0.05, 0.1) is 11.7 Å². The maximum atomic E-state index is 12.0. The lowest BCUT2D eigenvalue weighted by atomic mass is 10.2. The summed E-state index contributed by atoms with van der Waals surface area (Å²) in [6, 6.07) is 6.69. The van der Waals surface area contributed by atoms with Crippen molar-refractivity contribution < 1.29 is 23.8 Å². The summed E-state index contributed by atoms with van der Waals surface area (Å²) in [5.41, 5.74) is 0.384. The van der Waals surface area contributed by atoms with Crippen LogP contribution in [0, 0.1) is 0 Å². The van der Waals surface area contributed by atoms with Crippen LogP contribution in [0.3, 0.4) is 0 Å². The third-order valence-corrected chi connectivity index (χ3v) is 3.75.